The Labute approximate surface area is 176 Å². The second-order valence-corrected chi connectivity index (χ2v) is 7.24. The van der Waals surface area contributed by atoms with Crippen molar-refractivity contribution in [3.63, 3.8) is 0 Å². The zero-order valence-corrected chi connectivity index (χ0v) is 17.8. The Morgan fingerprint density at radius 2 is 1.93 bits per heavy atom. The molecule has 1 amide bonds. The number of carbonyl (C=O) groups excluding carboxylic acids is 3. The molecule has 0 aliphatic rings. The Morgan fingerprint density at radius 3 is 2.50 bits per heavy atom. The van der Waals surface area contributed by atoms with Gasteiger partial charge >= 0.3 is 17.6 Å². The molecule has 0 atom stereocenters. The summed E-state index contributed by atoms with van der Waals surface area (Å²) in [6, 6.07) is 0. The van der Waals surface area contributed by atoms with Crippen LogP contribution in [0.1, 0.15) is 51.6 Å². The predicted octanol–water partition coefficient (Wildman–Crippen LogP) is 2.85. The lowest BCUT2D eigenvalue weighted by atomic mass is 10.1. The number of aryl methyl sites for hydroxylation is 1. The first-order valence-corrected chi connectivity index (χ1v) is 9.97. The van der Waals surface area contributed by atoms with E-state index in [1.165, 1.54) is 6.92 Å². The van der Waals surface area contributed by atoms with Crippen LogP contribution in [0.25, 0.3) is 0 Å². The average molecular weight is 438 g/mol. The number of nitro groups is 1. The monoisotopic (exact) mass is 438 g/mol. The van der Waals surface area contributed by atoms with Crippen molar-refractivity contribution in [1.82, 2.24) is 9.78 Å². The third-order valence-electron chi connectivity index (χ3n) is 3.92. The van der Waals surface area contributed by atoms with E-state index in [4.69, 9.17) is 9.47 Å². The number of carbonyl (C=O) groups is 3. The minimum atomic E-state index is -0.665. The van der Waals surface area contributed by atoms with E-state index in [0.29, 0.717) is 12.0 Å². The summed E-state index contributed by atoms with van der Waals surface area (Å²) in [5.41, 5.74) is 0.393. The predicted molar refractivity (Wildman–Crippen MR) is 108 cm³/mol. The first kappa shape index (κ1) is 23.0. The van der Waals surface area contributed by atoms with Gasteiger partial charge < -0.3 is 14.8 Å². The van der Waals surface area contributed by atoms with Crippen molar-refractivity contribution in [3.8, 4) is 0 Å². The molecule has 0 spiro atoms. The summed E-state index contributed by atoms with van der Waals surface area (Å²) >= 11 is 0.903. The fourth-order valence-corrected chi connectivity index (χ4v) is 3.69. The molecule has 0 fully saturated rings. The second kappa shape index (κ2) is 9.96. The van der Waals surface area contributed by atoms with Crippen molar-refractivity contribution in [2.24, 2.45) is 0 Å². The molecule has 162 valence electrons. The molecule has 2 aromatic rings. The average Bonchev–Trinajstić information content (AvgIpc) is 3.19. The summed E-state index contributed by atoms with van der Waals surface area (Å²) in [7, 11) is 0. The minimum Gasteiger partial charge on any atom is -0.462 e. The lowest BCUT2D eigenvalue weighted by molar-refractivity contribution is -0.385. The molecule has 2 heterocycles. The number of esters is 2. The van der Waals surface area contributed by atoms with Crippen molar-refractivity contribution >= 4 is 39.9 Å². The van der Waals surface area contributed by atoms with Gasteiger partial charge in [-0.2, -0.15) is 5.10 Å². The van der Waals surface area contributed by atoms with Gasteiger partial charge in [-0.1, -0.05) is 6.92 Å². The third-order valence-corrected chi connectivity index (χ3v) is 5.11. The van der Waals surface area contributed by atoms with Gasteiger partial charge in [-0.25, -0.2) is 9.59 Å². The molecule has 0 radical (unpaired) electrons. The van der Waals surface area contributed by atoms with Crippen LogP contribution in [-0.2, 0) is 20.8 Å². The van der Waals surface area contributed by atoms with Gasteiger partial charge in [0.25, 0.3) is 0 Å². The topological polar surface area (TPSA) is 143 Å². The van der Waals surface area contributed by atoms with E-state index in [0.717, 1.165) is 22.2 Å². The van der Waals surface area contributed by atoms with Crippen LogP contribution in [0.2, 0.25) is 0 Å². The Bertz CT molecular complexity index is 980. The van der Waals surface area contributed by atoms with E-state index in [1.54, 1.807) is 13.8 Å². The number of aromatic nitrogens is 2. The molecule has 11 nitrogen and oxygen atoms in total. The Morgan fingerprint density at radius 1 is 1.23 bits per heavy atom. The number of amides is 1. The van der Waals surface area contributed by atoms with Crippen molar-refractivity contribution in [2.75, 3.05) is 18.5 Å². The van der Waals surface area contributed by atoms with Crippen LogP contribution in [0, 0.1) is 24.0 Å². The molecule has 0 aromatic carbocycles. The molecule has 0 aliphatic carbocycles. The van der Waals surface area contributed by atoms with Gasteiger partial charge in [-0.3, -0.25) is 19.6 Å². The Kier molecular flexibility index (Phi) is 7.64. The van der Waals surface area contributed by atoms with Crippen LogP contribution < -0.4 is 5.32 Å². The smallest absolute Gasteiger partial charge is 0.348 e. The van der Waals surface area contributed by atoms with E-state index < -0.39 is 22.8 Å². The molecule has 1 N–H and O–H groups in total. The molecule has 0 unspecified atom stereocenters. The number of nitrogens with zero attached hydrogens (tertiary/aromatic N) is 3. The summed E-state index contributed by atoms with van der Waals surface area (Å²) in [4.78, 5) is 47.7. The number of hydrogen-bond acceptors (Lipinski definition) is 9. The molecule has 2 aromatic heterocycles. The molecule has 0 saturated carbocycles. The van der Waals surface area contributed by atoms with Crippen molar-refractivity contribution in [1.29, 1.82) is 0 Å². The van der Waals surface area contributed by atoms with E-state index in [2.05, 4.69) is 10.4 Å². The van der Waals surface area contributed by atoms with Gasteiger partial charge in [0.2, 0.25) is 5.91 Å². The maximum atomic E-state index is 12.5. The minimum absolute atomic E-state index is 0.0764. The molecular weight excluding hydrogens is 416 g/mol. The highest BCUT2D eigenvalue weighted by Gasteiger charge is 2.27. The van der Waals surface area contributed by atoms with Crippen LogP contribution in [0.5, 0.6) is 0 Å². The first-order chi connectivity index (χ1) is 14.2. The number of hydrogen-bond donors (Lipinski definition) is 1. The van der Waals surface area contributed by atoms with Crippen molar-refractivity contribution in [3.05, 3.63) is 38.0 Å². The van der Waals surface area contributed by atoms with Crippen LogP contribution >= 0.6 is 11.3 Å². The van der Waals surface area contributed by atoms with Crippen LogP contribution in [0.15, 0.2) is 6.20 Å². The largest absolute Gasteiger partial charge is 0.462 e. The maximum Gasteiger partial charge on any atom is 0.348 e. The van der Waals surface area contributed by atoms with Gasteiger partial charge in [0, 0.05) is 0 Å². The zero-order chi connectivity index (χ0) is 22.4. The van der Waals surface area contributed by atoms with Gasteiger partial charge in [-0.15, -0.1) is 11.3 Å². The number of anilines is 1. The van der Waals surface area contributed by atoms with Crippen molar-refractivity contribution in [2.45, 2.75) is 40.7 Å². The first-order valence-electron chi connectivity index (χ1n) is 9.15. The zero-order valence-electron chi connectivity index (χ0n) is 17.0. The molecule has 12 heteroatoms. The highest BCUT2D eigenvalue weighted by Crippen LogP contribution is 2.34. The Hall–Kier alpha value is -3.28. The third kappa shape index (κ3) is 5.20. The lowest BCUT2D eigenvalue weighted by Gasteiger charge is -2.07. The Balaban J connectivity index is 2.29. The molecular formula is C18H22N4O7S. The van der Waals surface area contributed by atoms with Gasteiger partial charge in [0.1, 0.15) is 28.3 Å². The van der Waals surface area contributed by atoms with Gasteiger partial charge in [0.15, 0.2) is 0 Å². The summed E-state index contributed by atoms with van der Waals surface area (Å²) in [5.74, 6) is -1.85. The van der Waals surface area contributed by atoms with Crippen molar-refractivity contribution < 1.29 is 28.8 Å². The SMILES string of the molecule is CCCOC(=O)c1c(NC(=O)Cn2cc([N+](=O)[O-])c(C)n2)sc(C(=O)OCC)c1C. The number of thiophene rings is 1. The van der Waals surface area contributed by atoms with E-state index in [1.807, 2.05) is 6.92 Å². The standard InChI is InChI=1S/C18H22N4O7S/c1-5-7-29-17(24)14-10(3)15(18(25)28-6-2)30-16(14)19-13(23)9-21-8-12(22(26)27)11(4)20-21/h8H,5-7,9H2,1-4H3,(H,19,23). The van der Waals surface area contributed by atoms with Crippen LogP contribution in [-0.4, -0.2) is 45.8 Å². The highest BCUT2D eigenvalue weighted by molar-refractivity contribution is 7.18. The van der Waals surface area contributed by atoms with E-state index in [9.17, 15) is 24.5 Å². The normalized spacial score (nSPS) is 10.5. The fourth-order valence-electron chi connectivity index (χ4n) is 2.59. The summed E-state index contributed by atoms with van der Waals surface area (Å²) < 4.78 is 11.3. The molecule has 30 heavy (non-hydrogen) atoms. The van der Waals surface area contributed by atoms with Gasteiger partial charge in [-0.05, 0) is 32.8 Å². The fraction of sp³-hybridized carbons (Fsp3) is 0.444. The molecule has 0 aliphatic heterocycles. The number of ether oxygens (including phenoxy) is 2. The van der Waals surface area contributed by atoms with Gasteiger partial charge in [0.05, 0.1) is 23.7 Å². The summed E-state index contributed by atoms with van der Waals surface area (Å²) in [6.07, 6.45) is 1.76. The quantitative estimate of drug-likeness (QED) is 0.358. The van der Waals surface area contributed by atoms with Crippen LogP contribution in [0.3, 0.4) is 0 Å². The summed E-state index contributed by atoms with van der Waals surface area (Å²) in [6.45, 7) is 6.56. The molecule has 0 bridgehead atoms. The molecule has 2 rings (SSSR count). The van der Waals surface area contributed by atoms with E-state index in [-0.39, 0.29) is 46.6 Å². The molecule has 0 saturated heterocycles. The number of nitrogens with one attached hydrogen (secondary N) is 1. The number of rotatable bonds is 9. The highest BCUT2D eigenvalue weighted by atomic mass is 32.1. The van der Waals surface area contributed by atoms with E-state index >= 15 is 0 Å². The second-order valence-electron chi connectivity index (χ2n) is 6.22. The van der Waals surface area contributed by atoms with Crippen LogP contribution in [0.4, 0.5) is 10.7 Å². The maximum absolute atomic E-state index is 12.5. The summed E-state index contributed by atoms with van der Waals surface area (Å²) in [5, 5.41) is 17.6. The lowest BCUT2D eigenvalue weighted by Crippen LogP contribution is -2.20.